The zero-order chi connectivity index (χ0) is 30.8. The molecule has 0 N–H and O–H groups in total. The monoisotopic (exact) mass is 605 g/mol. The number of benzene rings is 6. The maximum Gasteiger partial charge on any atom is 0.164 e. The molecule has 2 aliphatic rings. The highest BCUT2D eigenvalue weighted by atomic mass is 15.0. The Morgan fingerprint density at radius 3 is 1.72 bits per heavy atom. The van der Waals surface area contributed by atoms with Crippen LogP contribution < -0.4 is 0 Å². The van der Waals surface area contributed by atoms with Crippen LogP contribution in [0.3, 0.4) is 0 Å². The van der Waals surface area contributed by atoms with E-state index in [4.69, 9.17) is 15.0 Å². The average Bonchev–Trinajstić information content (AvgIpc) is 3.60. The molecule has 0 amide bonds. The van der Waals surface area contributed by atoms with Crippen LogP contribution in [0.2, 0.25) is 0 Å². The first-order valence-electron chi connectivity index (χ1n) is 15.9. The van der Waals surface area contributed by atoms with Crippen molar-refractivity contribution < 1.29 is 0 Å². The Balaban J connectivity index is 0.00000324. The maximum atomic E-state index is 5.15. The van der Waals surface area contributed by atoms with Crippen molar-refractivity contribution in [3.8, 4) is 67.5 Å². The molecule has 7 aromatic rings. The molecule has 0 radical (unpaired) electrons. The summed E-state index contributed by atoms with van der Waals surface area (Å²) >= 11 is 0. The van der Waals surface area contributed by atoms with Crippen molar-refractivity contribution in [2.24, 2.45) is 0 Å². The fraction of sp³-hybridized carbons (Fsp3) is 0.114. The number of fused-ring (bicyclic) bond motifs is 6. The van der Waals surface area contributed by atoms with Crippen LogP contribution in [-0.2, 0) is 11.8 Å². The SMILES string of the molecule is C.CC1(C)c2ccccc2-c2ccc(-c3nc(-c4ccccc4)nc(-c4ccc5c(c4)-c4cccc(-c6ccccc6)c4C5)n3)cc21. The highest BCUT2D eigenvalue weighted by Crippen LogP contribution is 2.49. The molecule has 3 nitrogen and oxygen atoms in total. The fourth-order valence-corrected chi connectivity index (χ4v) is 7.42. The minimum absolute atomic E-state index is 0. The van der Waals surface area contributed by atoms with E-state index in [-0.39, 0.29) is 12.8 Å². The Kier molecular flexibility index (Phi) is 6.73. The van der Waals surface area contributed by atoms with Crippen molar-refractivity contribution in [1.29, 1.82) is 0 Å². The number of nitrogens with zero attached hydrogens (tertiary/aromatic N) is 3. The summed E-state index contributed by atoms with van der Waals surface area (Å²) in [6, 6.07) is 49.7. The summed E-state index contributed by atoms with van der Waals surface area (Å²) in [5.74, 6) is 2.05. The van der Waals surface area contributed by atoms with Gasteiger partial charge in [0.2, 0.25) is 0 Å². The van der Waals surface area contributed by atoms with Crippen LogP contribution >= 0.6 is 0 Å². The molecule has 0 bridgehead atoms. The van der Waals surface area contributed by atoms with Crippen LogP contribution in [-0.4, -0.2) is 15.0 Å². The van der Waals surface area contributed by atoms with Gasteiger partial charge in [0.1, 0.15) is 0 Å². The normalized spacial score (nSPS) is 13.2. The van der Waals surface area contributed by atoms with Crippen molar-refractivity contribution in [3.05, 3.63) is 162 Å². The molecule has 47 heavy (non-hydrogen) atoms. The van der Waals surface area contributed by atoms with Crippen molar-refractivity contribution >= 4 is 0 Å². The Morgan fingerprint density at radius 2 is 0.979 bits per heavy atom. The molecule has 6 aromatic carbocycles. The van der Waals surface area contributed by atoms with Crippen molar-refractivity contribution in [2.45, 2.75) is 33.1 Å². The summed E-state index contributed by atoms with van der Waals surface area (Å²) in [5, 5.41) is 0. The van der Waals surface area contributed by atoms with Gasteiger partial charge < -0.3 is 0 Å². The summed E-state index contributed by atoms with van der Waals surface area (Å²) in [7, 11) is 0. The predicted molar refractivity (Wildman–Crippen MR) is 194 cm³/mol. The Bertz CT molecular complexity index is 2300. The summed E-state index contributed by atoms with van der Waals surface area (Å²) < 4.78 is 0. The lowest BCUT2D eigenvalue weighted by atomic mass is 9.82. The van der Waals surface area contributed by atoms with E-state index in [1.54, 1.807) is 0 Å². The maximum absolute atomic E-state index is 5.15. The molecular formula is C44H35N3. The van der Waals surface area contributed by atoms with Gasteiger partial charge in [-0.05, 0) is 74.2 Å². The second kappa shape index (κ2) is 11.0. The van der Waals surface area contributed by atoms with Gasteiger partial charge in [-0.15, -0.1) is 0 Å². The average molecular weight is 606 g/mol. The minimum atomic E-state index is -0.105. The van der Waals surface area contributed by atoms with E-state index in [9.17, 15) is 0 Å². The molecule has 0 fully saturated rings. The number of hydrogen-bond donors (Lipinski definition) is 0. The van der Waals surface area contributed by atoms with Crippen LogP contribution in [0.15, 0.2) is 140 Å². The zero-order valence-electron chi connectivity index (χ0n) is 25.8. The van der Waals surface area contributed by atoms with Gasteiger partial charge in [-0.2, -0.15) is 0 Å². The van der Waals surface area contributed by atoms with Gasteiger partial charge in [-0.1, -0.05) is 149 Å². The molecule has 0 saturated carbocycles. The molecular weight excluding hydrogens is 571 g/mol. The molecule has 0 aliphatic heterocycles. The second-order valence-corrected chi connectivity index (χ2v) is 12.8. The van der Waals surface area contributed by atoms with Gasteiger partial charge in [0.15, 0.2) is 17.5 Å². The second-order valence-electron chi connectivity index (χ2n) is 12.8. The highest BCUT2D eigenvalue weighted by molar-refractivity contribution is 5.87. The van der Waals surface area contributed by atoms with E-state index in [0.29, 0.717) is 17.5 Å². The third-order valence-corrected chi connectivity index (χ3v) is 9.80. The van der Waals surface area contributed by atoms with Gasteiger partial charge in [-0.3, -0.25) is 0 Å². The van der Waals surface area contributed by atoms with Crippen molar-refractivity contribution in [1.82, 2.24) is 15.0 Å². The quantitative estimate of drug-likeness (QED) is 0.200. The van der Waals surface area contributed by atoms with Crippen LogP contribution in [0, 0.1) is 0 Å². The highest BCUT2D eigenvalue weighted by Gasteiger charge is 2.35. The Labute approximate surface area is 276 Å². The van der Waals surface area contributed by atoms with Crippen LogP contribution in [0.5, 0.6) is 0 Å². The third-order valence-electron chi connectivity index (χ3n) is 9.80. The fourth-order valence-electron chi connectivity index (χ4n) is 7.42. The smallest absolute Gasteiger partial charge is 0.164 e. The van der Waals surface area contributed by atoms with E-state index in [1.165, 1.54) is 55.6 Å². The lowest BCUT2D eigenvalue weighted by Gasteiger charge is -2.21. The summed E-state index contributed by atoms with van der Waals surface area (Å²) in [4.78, 5) is 15.3. The molecule has 9 rings (SSSR count). The summed E-state index contributed by atoms with van der Waals surface area (Å²) in [5.41, 5.74) is 15.9. The molecule has 0 spiro atoms. The number of aromatic nitrogens is 3. The van der Waals surface area contributed by atoms with Gasteiger partial charge in [0.05, 0.1) is 0 Å². The number of rotatable bonds is 4. The van der Waals surface area contributed by atoms with Crippen molar-refractivity contribution in [2.75, 3.05) is 0 Å². The first kappa shape index (κ1) is 28.8. The molecule has 0 unspecified atom stereocenters. The largest absolute Gasteiger partial charge is 0.208 e. The topological polar surface area (TPSA) is 38.7 Å². The summed E-state index contributed by atoms with van der Waals surface area (Å²) in [6.45, 7) is 4.61. The standard InChI is InChI=1S/C43H31N3.CH4/c1-43(2)38-19-10-9-16-34(38)35-23-22-31(26-39(35)43)42-45-40(28-14-7-4-8-15-28)44-41(46-42)30-21-20-29-24-37-32(27-12-5-3-6-13-27)17-11-18-33(37)36(29)25-30;/h3-23,25-26H,24H2,1-2H3;1H4. The lowest BCUT2D eigenvalue weighted by molar-refractivity contribution is 0.660. The first-order valence-corrected chi connectivity index (χ1v) is 15.9. The van der Waals surface area contributed by atoms with Crippen LogP contribution in [0.4, 0.5) is 0 Å². The Morgan fingerprint density at radius 1 is 0.426 bits per heavy atom. The summed E-state index contributed by atoms with van der Waals surface area (Å²) in [6.07, 6.45) is 0.918. The van der Waals surface area contributed by atoms with Gasteiger partial charge in [0, 0.05) is 22.1 Å². The predicted octanol–water partition coefficient (Wildman–Crippen LogP) is 11.1. The Hall–Kier alpha value is -5.67. The van der Waals surface area contributed by atoms with Crippen LogP contribution in [0.25, 0.3) is 67.5 Å². The molecule has 2 aliphatic carbocycles. The van der Waals surface area contributed by atoms with E-state index >= 15 is 0 Å². The van der Waals surface area contributed by atoms with E-state index in [0.717, 1.165) is 23.1 Å². The lowest BCUT2D eigenvalue weighted by Crippen LogP contribution is -2.15. The molecule has 0 saturated heterocycles. The molecule has 0 atom stereocenters. The minimum Gasteiger partial charge on any atom is -0.208 e. The van der Waals surface area contributed by atoms with E-state index in [1.807, 2.05) is 18.2 Å². The van der Waals surface area contributed by atoms with Gasteiger partial charge >= 0.3 is 0 Å². The third kappa shape index (κ3) is 4.61. The van der Waals surface area contributed by atoms with E-state index in [2.05, 4.69) is 135 Å². The van der Waals surface area contributed by atoms with E-state index < -0.39 is 0 Å². The van der Waals surface area contributed by atoms with Gasteiger partial charge in [0.25, 0.3) is 0 Å². The molecule has 226 valence electrons. The van der Waals surface area contributed by atoms with Crippen LogP contribution in [0.1, 0.15) is 43.5 Å². The number of hydrogen-bond acceptors (Lipinski definition) is 3. The molecule has 1 aromatic heterocycles. The first-order chi connectivity index (χ1) is 22.5. The molecule has 3 heteroatoms. The van der Waals surface area contributed by atoms with Crippen molar-refractivity contribution in [3.63, 3.8) is 0 Å². The van der Waals surface area contributed by atoms with Gasteiger partial charge in [-0.25, -0.2) is 15.0 Å². The zero-order valence-corrected chi connectivity index (χ0v) is 25.8. The molecule has 1 heterocycles.